The van der Waals surface area contributed by atoms with Gasteiger partial charge in [-0.05, 0) is 19.3 Å². The van der Waals surface area contributed by atoms with Crippen LogP contribution in [-0.4, -0.2) is 22.0 Å². The van der Waals surface area contributed by atoms with E-state index in [1.807, 2.05) is 0 Å². The van der Waals surface area contributed by atoms with Gasteiger partial charge in [0.05, 0.1) is 5.76 Å². The second-order valence-electron chi connectivity index (χ2n) is 5.93. The second-order valence-corrected chi connectivity index (χ2v) is 5.93. The van der Waals surface area contributed by atoms with E-state index in [1.54, 1.807) is 0 Å². The summed E-state index contributed by atoms with van der Waals surface area (Å²) in [6.07, 6.45) is 12.7. The maximum atomic E-state index is 11.7. The first-order valence-corrected chi connectivity index (χ1v) is 8.70. The molecule has 0 unspecified atom stereocenters. The van der Waals surface area contributed by atoms with Gasteiger partial charge in [-0.15, -0.1) is 0 Å². The molecule has 0 aliphatic rings. The zero-order chi connectivity index (χ0) is 16.6. The molecular weight excluding hydrogens is 280 g/mol. The predicted octanol–water partition coefficient (Wildman–Crippen LogP) is 5.17. The van der Waals surface area contributed by atoms with Gasteiger partial charge in [0.25, 0.3) is 0 Å². The van der Waals surface area contributed by atoms with Gasteiger partial charge < -0.3 is 10.2 Å². The van der Waals surface area contributed by atoms with Crippen LogP contribution in [0.3, 0.4) is 0 Å². The van der Waals surface area contributed by atoms with Gasteiger partial charge in [-0.3, -0.25) is 9.59 Å². The van der Waals surface area contributed by atoms with Crippen molar-refractivity contribution < 1.29 is 19.8 Å². The van der Waals surface area contributed by atoms with Crippen LogP contribution in [0.15, 0.2) is 11.8 Å². The third kappa shape index (κ3) is 15.1. The highest BCUT2D eigenvalue weighted by molar-refractivity contribution is 5.89. The van der Waals surface area contributed by atoms with Crippen LogP contribution in [0.25, 0.3) is 0 Å². The van der Waals surface area contributed by atoms with Crippen molar-refractivity contribution >= 4 is 11.8 Å². The smallest absolute Gasteiger partial charge is 0.303 e. The van der Waals surface area contributed by atoms with Gasteiger partial charge in [-0.25, -0.2) is 0 Å². The Labute approximate surface area is 134 Å². The molecule has 0 atom stereocenters. The van der Waals surface area contributed by atoms with Gasteiger partial charge in [0.2, 0.25) is 0 Å². The summed E-state index contributed by atoms with van der Waals surface area (Å²) in [5.41, 5.74) is 0. The summed E-state index contributed by atoms with van der Waals surface area (Å²) in [6, 6.07) is 0. The Morgan fingerprint density at radius 3 is 1.82 bits per heavy atom. The lowest BCUT2D eigenvalue weighted by atomic mass is 10.1. The number of allylic oxidation sites excluding steroid dienone is 2. The molecule has 0 spiro atoms. The minimum Gasteiger partial charge on any atom is -0.512 e. The fraction of sp³-hybridized carbons (Fsp3) is 0.778. The summed E-state index contributed by atoms with van der Waals surface area (Å²) in [5.74, 6) is -0.587. The highest BCUT2D eigenvalue weighted by Crippen LogP contribution is 2.11. The lowest BCUT2D eigenvalue weighted by molar-refractivity contribution is -0.137. The Bertz CT molecular complexity index is 334. The molecule has 0 aromatic carbocycles. The molecule has 0 aromatic rings. The van der Waals surface area contributed by atoms with Crippen LogP contribution in [0, 0.1) is 0 Å². The van der Waals surface area contributed by atoms with E-state index < -0.39 is 5.97 Å². The van der Waals surface area contributed by atoms with Crippen LogP contribution in [-0.2, 0) is 9.59 Å². The summed E-state index contributed by atoms with van der Waals surface area (Å²) in [5, 5.41) is 18.2. The molecule has 0 aliphatic heterocycles. The van der Waals surface area contributed by atoms with Crippen molar-refractivity contribution in [3.8, 4) is 0 Å². The number of hydrogen-bond acceptors (Lipinski definition) is 3. The zero-order valence-electron chi connectivity index (χ0n) is 14.0. The quantitative estimate of drug-likeness (QED) is 0.248. The highest BCUT2D eigenvalue weighted by atomic mass is 16.4. The van der Waals surface area contributed by atoms with E-state index in [1.165, 1.54) is 31.8 Å². The maximum Gasteiger partial charge on any atom is 0.303 e. The molecule has 0 saturated heterocycles. The van der Waals surface area contributed by atoms with Crippen molar-refractivity contribution in [2.24, 2.45) is 0 Å². The Morgan fingerprint density at radius 2 is 1.23 bits per heavy atom. The summed E-state index contributed by atoms with van der Waals surface area (Å²) >= 11 is 0. The summed E-state index contributed by atoms with van der Waals surface area (Å²) in [6.45, 7) is 2.18. The number of ketones is 1. The molecule has 0 heterocycles. The Morgan fingerprint density at radius 1 is 0.727 bits per heavy atom. The summed E-state index contributed by atoms with van der Waals surface area (Å²) < 4.78 is 0. The Balaban J connectivity index is 3.55. The molecule has 22 heavy (non-hydrogen) atoms. The molecule has 0 rings (SSSR count). The minimum absolute atomic E-state index is 0.0128. The number of carboxylic acids is 1. The minimum atomic E-state index is -0.761. The van der Waals surface area contributed by atoms with Gasteiger partial charge in [0, 0.05) is 25.3 Å². The molecule has 2 N–H and O–H groups in total. The number of unbranched alkanes of at least 4 members (excludes halogenated alkanes) is 8. The van der Waals surface area contributed by atoms with Crippen molar-refractivity contribution in [2.75, 3.05) is 0 Å². The van der Waals surface area contributed by atoms with Crippen molar-refractivity contribution in [1.82, 2.24) is 0 Å². The molecule has 4 heteroatoms. The first-order valence-electron chi connectivity index (χ1n) is 8.70. The van der Waals surface area contributed by atoms with E-state index in [0.29, 0.717) is 19.3 Å². The third-order valence-electron chi connectivity index (χ3n) is 3.68. The number of aliphatic hydroxyl groups excluding tert-OH is 1. The standard InChI is InChI=1S/C18H32O4/c1-2-3-4-5-6-9-12-16(19)15-17(20)13-10-7-8-11-14-18(21)22/h15,20H,2-14H2,1H3,(H,21,22)/b17-15-. The average Bonchev–Trinajstić information content (AvgIpc) is 2.46. The van der Waals surface area contributed by atoms with E-state index in [2.05, 4.69) is 6.92 Å². The SMILES string of the molecule is CCCCCCCCC(=O)/C=C(\O)CCCCCCC(=O)O. The molecule has 0 aliphatic carbocycles. The summed E-state index contributed by atoms with van der Waals surface area (Å²) in [4.78, 5) is 22.0. The first kappa shape index (κ1) is 20.7. The lowest BCUT2D eigenvalue weighted by Gasteiger charge is -2.02. The molecule has 4 nitrogen and oxygen atoms in total. The zero-order valence-corrected chi connectivity index (χ0v) is 14.0. The van der Waals surface area contributed by atoms with Gasteiger partial charge in [0.1, 0.15) is 0 Å². The first-order chi connectivity index (χ1) is 10.6. The molecular formula is C18H32O4. The number of carbonyl (C=O) groups excluding carboxylic acids is 1. The van der Waals surface area contributed by atoms with Crippen LogP contribution < -0.4 is 0 Å². The Hall–Kier alpha value is -1.32. The summed E-state index contributed by atoms with van der Waals surface area (Å²) in [7, 11) is 0. The van der Waals surface area contributed by atoms with Crippen molar-refractivity contribution in [1.29, 1.82) is 0 Å². The Kier molecular flexibility index (Phi) is 13.7. The average molecular weight is 312 g/mol. The largest absolute Gasteiger partial charge is 0.512 e. The molecule has 0 saturated carbocycles. The predicted molar refractivity (Wildman–Crippen MR) is 89.0 cm³/mol. The number of aliphatic hydroxyl groups is 1. The number of rotatable bonds is 15. The third-order valence-corrected chi connectivity index (χ3v) is 3.68. The van der Waals surface area contributed by atoms with Crippen molar-refractivity contribution in [2.45, 2.75) is 90.4 Å². The molecule has 0 radical (unpaired) electrons. The lowest BCUT2D eigenvalue weighted by Crippen LogP contribution is -1.96. The van der Waals surface area contributed by atoms with Crippen molar-refractivity contribution in [3.63, 3.8) is 0 Å². The monoisotopic (exact) mass is 312 g/mol. The van der Waals surface area contributed by atoms with Crippen LogP contribution in [0.4, 0.5) is 0 Å². The van der Waals surface area contributed by atoms with E-state index in [4.69, 9.17) is 5.11 Å². The van der Waals surface area contributed by atoms with Gasteiger partial charge in [0.15, 0.2) is 5.78 Å². The fourth-order valence-electron chi connectivity index (χ4n) is 2.35. The molecule has 0 aromatic heterocycles. The molecule has 0 fully saturated rings. The topological polar surface area (TPSA) is 74.6 Å². The van der Waals surface area contributed by atoms with E-state index in [0.717, 1.165) is 32.1 Å². The van der Waals surface area contributed by atoms with Gasteiger partial charge >= 0.3 is 5.97 Å². The maximum absolute atomic E-state index is 11.7. The van der Waals surface area contributed by atoms with E-state index >= 15 is 0 Å². The van der Waals surface area contributed by atoms with Crippen LogP contribution in [0.2, 0.25) is 0 Å². The number of carbonyl (C=O) groups is 2. The van der Waals surface area contributed by atoms with E-state index in [-0.39, 0.29) is 18.0 Å². The fourth-order valence-corrected chi connectivity index (χ4v) is 2.35. The van der Waals surface area contributed by atoms with Crippen LogP contribution in [0.5, 0.6) is 0 Å². The molecule has 0 amide bonds. The normalized spacial score (nSPS) is 11.6. The van der Waals surface area contributed by atoms with Gasteiger partial charge in [-0.1, -0.05) is 51.9 Å². The van der Waals surface area contributed by atoms with Gasteiger partial charge in [-0.2, -0.15) is 0 Å². The van der Waals surface area contributed by atoms with Crippen LogP contribution >= 0.6 is 0 Å². The van der Waals surface area contributed by atoms with Crippen molar-refractivity contribution in [3.05, 3.63) is 11.8 Å². The number of carboxylic acid groups (broad SMARTS) is 1. The number of aliphatic carboxylic acids is 1. The van der Waals surface area contributed by atoms with E-state index in [9.17, 15) is 14.7 Å². The molecule has 0 bridgehead atoms. The second kappa shape index (κ2) is 14.6. The number of hydrogen-bond donors (Lipinski definition) is 2. The highest BCUT2D eigenvalue weighted by Gasteiger charge is 2.02. The van der Waals surface area contributed by atoms with Crippen LogP contribution in [0.1, 0.15) is 90.4 Å². The molecule has 128 valence electrons.